The number of nitro groups is 1. The van der Waals surface area contributed by atoms with Crippen LogP contribution in [0.5, 0.6) is 5.75 Å². The Bertz CT molecular complexity index is 1800. The zero-order valence-corrected chi connectivity index (χ0v) is 24.1. The first kappa shape index (κ1) is 29.1. The minimum atomic E-state index is -1.27. The maximum Gasteiger partial charge on any atom is 0.350 e. The molecule has 1 unspecified atom stereocenters. The van der Waals surface area contributed by atoms with E-state index in [1.165, 1.54) is 31.4 Å². The number of hydrogen-bond donors (Lipinski definition) is 1. The van der Waals surface area contributed by atoms with Crippen LogP contribution in [0, 0.1) is 24.0 Å². The lowest BCUT2D eigenvalue weighted by molar-refractivity contribution is -0.384. The van der Waals surface area contributed by atoms with Gasteiger partial charge in [0, 0.05) is 17.7 Å². The molecule has 43 heavy (non-hydrogen) atoms. The van der Waals surface area contributed by atoms with Crippen molar-refractivity contribution < 1.29 is 33.9 Å². The maximum atomic E-state index is 13.5. The Hall–Kier alpha value is -5.36. The van der Waals surface area contributed by atoms with Crippen molar-refractivity contribution in [3.8, 4) is 5.75 Å². The van der Waals surface area contributed by atoms with Crippen molar-refractivity contribution in [1.82, 2.24) is 4.98 Å². The van der Waals surface area contributed by atoms with Crippen LogP contribution in [0.25, 0.3) is 5.76 Å². The van der Waals surface area contributed by atoms with Crippen LogP contribution in [0.2, 0.25) is 0 Å². The number of nitrogens with zero attached hydrogens (tertiary/aromatic N) is 3. The molecule has 1 fully saturated rings. The summed E-state index contributed by atoms with van der Waals surface area (Å²) in [7, 11) is 1.20. The third-order valence-corrected chi connectivity index (χ3v) is 8.03. The number of carbonyl (C=O) groups is 3. The number of non-ortho nitro benzene ring substituents is 1. The molecule has 0 bridgehead atoms. The summed E-state index contributed by atoms with van der Waals surface area (Å²) in [5.74, 6) is -2.61. The summed E-state index contributed by atoms with van der Waals surface area (Å²) in [5.41, 5.74) is 1.79. The van der Waals surface area contributed by atoms with Gasteiger partial charge in [-0.05, 0) is 48.7 Å². The molecule has 3 aromatic carbocycles. The number of esters is 1. The third kappa shape index (κ3) is 5.60. The van der Waals surface area contributed by atoms with Crippen molar-refractivity contribution in [2.45, 2.75) is 26.5 Å². The van der Waals surface area contributed by atoms with E-state index >= 15 is 0 Å². The SMILES string of the molecule is COC(=O)c1sc(N2C(=O)C(=O)/C(=C(/O)c3ccc(OCc4ccccc4)c(C)c3)C2c2cccc([N+](=O)[O-])c2)nc1C. The molecule has 4 aromatic rings. The van der Waals surface area contributed by atoms with Crippen LogP contribution >= 0.6 is 11.3 Å². The zero-order valence-electron chi connectivity index (χ0n) is 23.3. The van der Waals surface area contributed by atoms with E-state index in [2.05, 4.69) is 4.98 Å². The second kappa shape index (κ2) is 11.9. The van der Waals surface area contributed by atoms with Gasteiger partial charge in [0.2, 0.25) is 0 Å². The van der Waals surface area contributed by atoms with Gasteiger partial charge in [0.05, 0.1) is 29.3 Å². The number of amides is 1. The number of aliphatic hydroxyl groups is 1. The number of aryl methyl sites for hydroxylation is 2. The summed E-state index contributed by atoms with van der Waals surface area (Å²) in [6, 6.07) is 18.6. The Kier molecular flexibility index (Phi) is 8.04. The number of carbonyl (C=O) groups excluding carboxylic acids is 3. The number of Topliss-reactive ketones (excluding diaryl/α,β-unsaturated/α-hetero) is 1. The van der Waals surface area contributed by atoms with E-state index in [-0.39, 0.29) is 38.1 Å². The molecule has 5 rings (SSSR count). The van der Waals surface area contributed by atoms with E-state index in [1.807, 2.05) is 30.3 Å². The first-order chi connectivity index (χ1) is 20.6. The molecule has 1 aromatic heterocycles. The summed E-state index contributed by atoms with van der Waals surface area (Å²) >= 11 is 0.834. The molecule has 218 valence electrons. The molecule has 0 spiro atoms. The van der Waals surface area contributed by atoms with Crippen LogP contribution in [0.15, 0.2) is 78.4 Å². The molecule has 1 saturated heterocycles. The van der Waals surface area contributed by atoms with Crippen LogP contribution in [0.1, 0.15) is 43.7 Å². The quantitative estimate of drug-likeness (QED) is 0.0676. The van der Waals surface area contributed by atoms with E-state index in [1.54, 1.807) is 32.0 Å². The van der Waals surface area contributed by atoms with Gasteiger partial charge in [-0.3, -0.25) is 24.6 Å². The second-order valence-corrected chi connectivity index (χ2v) is 10.7. The Balaban J connectivity index is 1.60. The molecular formula is C31H25N3O8S. The maximum absolute atomic E-state index is 13.5. The lowest BCUT2D eigenvalue weighted by atomic mass is 9.94. The Morgan fingerprint density at radius 3 is 2.49 bits per heavy atom. The molecular weight excluding hydrogens is 574 g/mol. The largest absolute Gasteiger partial charge is 0.507 e. The normalized spacial score (nSPS) is 15.9. The molecule has 0 aliphatic carbocycles. The van der Waals surface area contributed by atoms with Gasteiger partial charge in [-0.15, -0.1) is 0 Å². The minimum Gasteiger partial charge on any atom is -0.507 e. The molecule has 1 aliphatic heterocycles. The molecule has 0 saturated carbocycles. The van der Waals surface area contributed by atoms with Crippen molar-refractivity contribution in [2.24, 2.45) is 0 Å². The molecule has 2 heterocycles. The van der Waals surface area contributed by atoms with Crippen molar-refractivity contribution in [3.63, 3.8) is 0 Å². The molecule has 11 nitrogen and oxygen atoms in total. The van der Waals surface area contributed by atoms with Crippen LogP contribution < -0.4 is 9.64 Å². The molecule has 0 radical (unpaired) electrons. The fraction of sp³-hybridized carbons (Fsp3) is 0.161. The number of thiazole rings is 1. The second-order valence-electron chi connectivity index (χ2n) is 9.68. The number of methoxy groups -OCH3 is 1. The average Bonchev–Trinajstić information content (AvgIpc) is 3.52. The smallest absolute Gasteiger partial charge is 0.350 e. The van der Waals surface area contributed by atoms with Gasteiger partial charge in [-0.2, -0.15) is 0 Å². The van der Waals surface area contributed by atoms with E-state index in [9.17, 15) is 29.6 Å². The summed E-state index contributed by atoms with van der Waals surface area (Å²) in [6.45, 7) is 3.65. The van der Waals surface area contributed by atoms with Crippen molar-refractivity contribution in [1.29, 1.82) is 0 Å². The molecule has 1 aliphatic rings. The Labute approximate surface area is 249 Å². The van der Waals surface area contributed by atoms with Crippen LogP contribution in [-0.2, 0) is 20.9 Å². The monoisotopic (exact) mass is 599 g/mol. The van der Waals surface area contributed by atoms with Crippen molar-refractivity contribution in [3.05, 3.63) is 121 Å². The van der Waals surface area contributed by atoms with E-state index in [0.717, 1.165) is 21.8 Å². The number of ketones is 1. The number of benzene rings is 3. The summed E-state index contributed by atoms with van der Waals surface area (Å²) < 4.78 is 10.7. The Morgan fingerprint density at radius 1 is 1.07 bits per heavy atom. The Morgan fingerprint density at radius 2 is 1.81 bits per heavy atom. The topological polar surface area (TPSA) is 149 Å². The minimum absolute atomic E-state index is 0.00334. The number of anilines is 1. The van der Waals surface area contributed by atoms with Gasteiger partial charge < -0.3 is 14.6 Å². The standard InChI is InChI=1S/C31H25N3O8S/c1-17-14-21(12-13-23(17)42-16-19-8-5-4-6-9-19)26(35)24-25(20-10-7-11-22(15-20)34(39)40)33(29(37)27(24)36)31-32-18(2)28(43-31)30(38)41-3/h4-15,25,35H,16H2,1-3H3/b26-24+. The molecule has 12 heteroatoms. The number of aliphatic hydroxyl groups excluding tert-OH is 1. The number of rotatable bonds is 8. The highest BCUT2D eigenvalue weighted by Crippen LogP contribution is 2.44. The van der Waals surface area contributed by atoms with E-state index in [0.29, 0.717) is 17.9 Å². The van der Waals surface area contributed by atoms with Crippen LogP contribution in [-0.4, -0.2) is 39.8 Å². The van der Waals surface area contributed by atoms with Crippen molar-refractivity contribution >= 4 is 45.6 Å². The van der Waals surface area contributed by atoms with Crippen LogP contribution in [0.3, 0.4) is 0 Å². The highest BCUT2D eigenvalue weighted by molar-refractivity contribution is 7.17. The van der Waals surface area contributed by atoms with E-state index < -0.39 is 34.4 Å². The van der Waals surface area contributed by atoms with Gasteiger partial charge in [0.25, 0.3) is 11.5 Å². The van der Waals surface area contributed by atoms with Crippen molar-refractivity contribution in [2.75, 3.05) is 12.0 Å². The van der Waals surface area contributed by atoms with Gasteiger partial charge >= 0.3 is 11.9 Å². The number of nitro benzene ring substituents is 1. The van der Waals surface area contributed by atoms with E-state index in [4.69, 9.17) is 9.47 Å². The fourth-order valence-electron chi connectivity index (χ4n) is 4.77. The first-order valence-corrected chi connectivity index (χ1v) is 13.8. The number of aromatic nitrogens is 1. The lowest BCUT2D eigenvalue weighted by Gasteiger charge is -2.23. The van der Waals surface area contributed by atoms with Gasteiger partial charge in [0.15, 0.2) is 5.13 Å². The lowest BCUT2D eigenvalue weighted by Crippen LogP contribution is -2.29. The van der Waals surface area contributed by atoms with Gasteiger partial charge in [0.1, 0.15) is 23.0 Å². The molecule has 1 amide bonds. The highest BCUT2D eigenvalue weighted by atomic mass is 32.1. The third-order valence-electron chi connectivity index (χ3n) is 6.89. The predicted octanol–water partition coefficient (Wildman–Crippen LogP) is 5.66. The first-order valence-electron chi connectivity index (χ1n) is 13.0. The average molecular weight is 600 g/mol. The molecule has 1 N–H and O–H groups in total. The number of ether oxygens (including phenoxy) is 2. The van der Waals surface area contributed by atoms with Gasteiger partial charge in [-0.1, -0.05) is 53.8 Å². The highest BCUT2D eigenvalue weighted by Gasteiger charge is 2.48. The van der Waals surface area contributed by atoms with Crippen LogP contribution in [0.4, 0.5) is 10.8 Å². The summed E-state index contributed by atoms with van der Waals surface area (Å²) in [4.78, 5) is 55.7. The predicted molar refractivity (Wildman–Crippen MR) is 158 cm³/mol. The summed E-state index contributed by atoms with van der Waals surface area (Å²) in [6.07, 6.45) is 0. The summed E-state index contributed by atoms with van der Waals surface area (Å²) in [5, 5.41) is 23.1. The van der Waals surface area contributed by atoms with Gasteiger partial charge in [-0.25, -0.2) is 9.78 Å². The number of hydrogen-bond acceptors (Lipinski definition) is 10. The zero-order chi connectivity index (χ0) is 30.8. The molecule has 1 atom stereocenters. The fourth-order valence-corrected chi connectivity index (χ4v) is 5.78.